The van der Waals surface area contributed by atoms with Crippen LogP contribution in [0.25, 0.3) is 11.8 Å². The number of rotatable bonds is 4. The van der Waals surface area contributed by atoms with Gasteiger partial charge in [0.05, 0.1) is 12.8 Å². The minimum atomic E-state index is -4.89. The van der Waals surface area contributed by atoms with Crippen LogP contribution in [-0.2, 0) is 15.8 Å². The van der Waals surface area contributed by atoms with Gasteiger partial charge < -0.3 is 4.98 Å². The van der Waals surface area contributed by atoms with Crippen LogP contribution >= 0.6 is 23.2 Å². The van der Waals surface area contributed by atoms with Crippen molar-refractivity contribution in [1.29, 1.82) is 0 Å². The summed E-state index contributed by atoms with van der Waals surface area (Å²) in [4.78, 5) is 42.2. The number of nitrogens with zero attached hydrogens (tertiary/aromatic N) is 1. The Kier molecular flexibility index (Phi) is 6.37. The largest absolute Gasteiger partial charge is 0.431 e. The van der Waals surface area contributed by atoms with Crippen molar-refractivity contribution in [2.75, 3.05) is 7.11 Å². The molecular formula is C16H12Cl2F3N3O4. The van der Waals surface area contributed by atoms with Crippen molar-refractivity contribution in [3.05, 3.63) is 65.9 Å². The van der Waals surface area contributed by atoms with Gasteiger partial charge in [0, 0.05) is 10.6 Å². The van der Waals surface area contributed by atoms with Gasteiger partial charge in [0.1, 0.15) is 10.7 Å². The predicted octanol–water partition coefficient (Wildman–Crippen LogP) is 2.76. The van der Waals surface area contributed by atoms with E-state index in [0.29, 0.717) is 4.57 Å². The molecule has 0 spiro atoms. The summed E-state index contributed by atoms with van der Waals surface area (Å²) < 4.78 is 39.3. The zero-order valence-corrected chi connectivity index (χ0v) is 15.8. The van der Waals surface area contributed by atoms with Crippen molar-refractivity contribution < 1.29 is 22.8 Å². The number of amides is 1. The number of hydrogen-bond acceptors (Lipinski definition) is 4. The standard InChI is InChI=1S/C16H12Cl2F3N3O4/c1-7-12(16(19,20)21)22-15(27)24(14(7)26)9-3-4-10(17)8(5-9)6-11(18)13(25)23-28-2/h3-6H,1-2H3,(H,22,27)(H,23,25). The lowest BCUT2D eigenvalue weighted by Crippen LogP contribution is -2.38. The van der Waals surface area contributed by atoms with Crippen LogP contribution in [-0.4, -0.2) is 22.6 Å². The summed E-state index contributed by atoms with van der Waals surface area (Å²) in [5, 5.41) is -0.217. The number of nitrogens with one attached hydrogen (secondary N) is 2. The molecule has 0 atom stereocenters. The molecule has 2 rings (SSSR count). The Morgan fingerprint density at radius 2 is 1.96 bits per heavy atom. The molecule has 1 amide bonds. The fourth-order valence-electron chi connectivity index (χ4n) is 2.27. The fourth-order valence-corrected chi connectivity index (χ4v) is 2.59. The Morgan fingerprint density at radius 3 is 2.54 bits per heavy atom. The maximum atomic E-state index is 12.9. The van der Waals surface area contributed by atoms with E-state index in [1.54, 1.807) is 4.98 Å². The molecule has 2 aromatic rings. The molecule has 1 heterocycles. The number of benzene rings is 1. The summed E-state index contributed by atoms with van der Waals surface area (Å²) >= 11 is 11.8. The molecule has 0 aliphatic rings. The summed E-state index contributed by atoms with van der Waals surface area (Å²) in [5.41, 5.74) is -2.51. The molecule has 0 aliphatic carbocycles. The van der Waals surface area contributed by atoms with E-state index in [-0.39, 0.29) is 21.3 Å². The van der Waals surface area contributed by atoms with Crippen molar-refractivity contribution in [3.63, 3.8) is 0 Å². The van der Waals surface area contributed by atoms with Gasteiger partial charge in [-0.15, -0.1) is 0 Å². The lowest BCUT2D eigenvalue weighted by Gasteiger charge is -2.13. The highest BCUT2D eigenvalue weighted by molar-refractivity contribution is 6.44. The second kappa shape index (κ2) is 8.21. The molecule has 0 saturated heterocycles. The van der Waals surface area contributed by atoms with E-state index < -0.39 is 34.6 Å². The second-order valence-electron chi connectivity index (χ2n) is 5.40. The van der Waals surface area contributed by atoms with Gasteiger partial charge in [0.2, 0.25) is 0 Å². The summed E-state index contributed by atoms with van der Waals surface area (Å²) in [5.74, 6) is -0.786. The van der Waals surface area contributed by atoms with Crippen LogP contribution in [0.15, 0.2) is 32.8 Å². The highest BCUT2D eigenvalue weighted by Crippen LogP contribution is 2.28. The number of carbonyl (C=O) groups excluding carboxylic acids is 1. The number of halogens is 5. The van der Waals surface area contributed by atoms with Crippen LogP contribution in [0.5, 0.6) is 0 Å². The molecular weight excluding hydrogens is 426 g/mol. The summed E-state index contributed by atoms with van der Waals surface area (Å²) in [6, 6.07) is 3.76. The first-order valence-electron chi connectivity index (χ1n) is 7.41. The van der Waals surface area contributed by atoms with Gasteiger partial charge in [-0.05, 0) is 36.8 Å². The van der Waals surface area contributed by atoms with Crippen LogP contribution in [0.2, 0.25) is 5.02 Å². The van der Waals surface area contributed by atoms with E-state index in [2.05, 4.69) is 4.84 Å². The molecule has 0 radical (unpaired) electrons. The minimum Gasteiger partial charge on any atom is -0.302 e. The Balaban J connectivity index is 2.64. The Labute approximate surface area is 165 Å². The van der Waals surface area contributed by atoms with Crippen molar-refractivity contribution >= 4 is 35.2 Å². The lowest BCUT2D eigenvalue weighted by atomic mass is 10.1. The van der Waals surface area contributed by atoms with Crippen molar-refractivity contribution in [2.24, 2.45) is 0 Å². The number of aromatic amines is 1. The molecule has 0 aliphatic heterocycles. The van der Waals surface area contributed by atoms with E-state index >= 15 is 0 Å². The van der Waals surface area contributed by atoms with E-state index in [9.17, 15) is 27.6 Å². The number of alkyl halides is 3. The maximum Gasteiger partial charge on any atom is 0.431 e. The third-order valence-electron chi connectivity index (χ3n) is 3.55. The summed E-state index contributed by atoms with van der Waals surface area (Å²) in [6.07, 6.45) is -3.75. The van der Waals surface area contributed by atoms with Gasteiger partial charge >= 0.3 is 11.9 Å². The van der Waals surface area contributed by atoms with Gasteiger partial charge in [-0.25, -0.2) is 14.8 Å². The molecule has 28 heavy (non-hydrogen) atoms. The SMILES string of the molecule is CONC(=O)C(Cl)=Cc1cc(-n2c(=O)[nH]c(C(F)(F)F)c(C)c2=O)ccc1Cl. The average Bonchev–Trinajstić information content (AvgIpc) is 2.60. The molecule has 0 bridgehead atoms. The first kappa shape index (κ1) is 21.7. The summed E-state index contributed by atoms with van der Waals surface area (Å²) in [6.45, 7) is 0.945. The quantitative estimate of drug-likeness (QED) is 0.567. The maximum absolute atomic E-state index is 12.9. The van der Waals surface area contributed by atoms with E-state index in [0.717, 1.165) is 13.0 Å². The number of hydrogen-bond donors (Lipinski definition) is 2. The molecule has 150 valence electrons. The Bertz CT molecular complexity index is 1070. The molecule has 0 saturated carbocycles. The third-order valence-corrected chi connectivity index (χ3v) is 4.17. The number of hydroxylamine groups is 1. The molecule has 7 nitrogen and oxygen atoms in total. The smallest absolute Gasteiger partial charge is 0.302 e. The van der Waals surface area contributed by atoms with Gasteiger partial charge in [0.15, 0.2) is 0 Å². The van der Waals surface area contributed by atoms with Crippen LogP contribution in [0, 0.1) is 6.92 Å². The van der Waals surface area contributed by atoms with Crippen molar-refractivity contribution in [1.82, 2.24) is 15.0 Å². The topological polar surface area (TPSA) is 93.2 Å². The Hall–Kier alpha value is -2.56. The average molecular weight is 438 g/mol. The van der Waals surface area contributed by atoms with E-state index in [1.165, 1.54) is 25.3 Å². The fraction of sp³-hybridized carbons (Fsp3) is 0.188. The van der Waals surface area contributed by atoms with Crippen LogP contribution in [0.1, 0.15) is 16.8 Å². The number of H-pyrrole nitrogens is 1. The molecule has 1 aromatic heterocycles. The van der Waals surface area contributed by atoms with Crippen molar-refractivity contribution in [3.8, 4) is 5.69 Å². The molecule has 12 heteroatoms. The number of carbonyl (C=O) groups is 1. The van der Waals surface area contributed by atoms with E-state index in [4.69, 9.17) is 23.2 Å². The molecule has 0 fully saturated rings. The monoisotopic (exact) mass is 437 g/mol. The van der Waals surface area contributed by atoms with E-state index in [1.807, 2.05) is 5.48 Å². The number of aromatic nitrogens is 2. The van der Waals surface area contributed by atoms with Gasteiger partial charge in [0.25, 0.3) is 11.5 Å². The van der Waals surface area contributed by atoms with Gasteiger partial charge in [-0.1, -0.05) is 23.2 Å². The molecule has 2 N–H and O–H groups in total. The van der Waals surface area contributed by atoms with Crippen LogP contribution in [0.4, 0.5) is 13.2 Å². The van der Waals surface area contributed by atoms with Gasteiger partial charge in [-0.2, -0.15) is 13.2 Å². The Morgan fingerprint density at radius 1 is 1.32 bits per heavy atom. The van der Waals surface area contributed by atoms with Gasteiger partial charge in [-0.3, -0.25) is 14.4 Å². The highest BCUT2D eigenvalue weighted by Gasteiger charge is 2.35. The normalized spacial score (nSPS) is 12.2. The first-order chi connectivity index (χ1) is 13.0. The third kappa shape index (κ3) is 4.46. The molecule has 0 unspecified atom stereocenters. The predicted molar refractivity (Wildman–Crippen MR) is 96.4 cm³/mol. The van der Waals surface area contributed by atoms with Crippen molar-refractivity contribution in [2.45, 2.75) is 13.1 Å². The first-order valence-corrected chi connectivity index (χ1v) is 8.16. The minimum absolute atomic E-state index is 0.0738. The molecule has 1 aromatic carbocycles. The lowest BCUT2D eigenvalue weighted by molar-refractivity contribution is -0.142. The zero-order valence-electron chi connectivity index (χ0n) is 14.3. The summed E-state index contributed by atoms with van der Waals surface area (Å²) in [7, 11) is 1.20. The zero-order chi connectivity index (χ0) is 21.2. The highest BCUT2D eigenvalue weighted by atomic mass is 35.5. The second-order valence-corrected chi connectivity index (χ2v) is 6.22. The van der Waals surface area contributed by atoms with Crippen LogP contribution in [0.3, 0.4) is 0 Å². The van der Waals surface area contributed by atoms with Crippen LogP contribution < -0.4 is 16.7 Å².